The van der Waals surface area contributed by atoms with Gasteiger partial charge >= 0.3 is 0 Å². The molecule has 0 spiro atoms. The third-order valence-corrected chi connectivity index (χ3v) is 3.21. The minimum Gasteiger partial charge on any atom is -0.383 e. The number of hydrogen-bond acceptors (Lipinski definition) is 4. The molecule has 0 bridgehead atoms. The van der Waals surface area contributed by atoms with Crippen LogP contribution in [-0.2, 0) is 16.0 Å². The molecule has 0 aliphatic heterocycles. The van der Waals surface area contributed by atoms with Crippen molar-refractivity contribution in [1.82, 2.24) is 10.3 Å². The Bertz CT molecular complexity index is 384. The zero-order chi connectivity index (χ0) is 11.3. The maximum Gasteiger partial charge on any atom is 0.225 e. The molecule has 1 aromatic heterocycles. The predicted molar refractivity (Wildman–Crippen MR) is 62.8 cm³/mol. The van der Waals surface area contributed by atoms with Crippen molar-refractivity contribution in [3.63, 3.8) is 0 Å². The van der Waals surface area contributed by atoms with Gasteiger partial charge in [0.15, 0.2) is 3.95 Å². The standard InChI is InChI=1S/C9H14N2O2S2/c1-6-7(15-9(14)11-6)5-8(12)10-3-4-13-2/h3-5H2,1-2H3,(H,10,12)(H,11,14). The Kier molecular flexibility index (Phi) is 4.93. The maximum atomic E-state index is 11.4. The highest BCUT2D eigenvalue weighted by Crippen LogP contribution is 2.14. The highest BCUT2D eigenvalue weighted by Gasteiger charge is 2.07. The Labute approximate surface area is 97.7 Å². The summed E-state index contributed by atoms with van der Waals surface area (Å²) in [4.78, 5) is 15.4. The highest BCUT2D eigenvalue weighted by molar-refractivity contribution is 7.73. The molecule has 0 fully saturated rings. The molecule has 0 aliphatic carbocycles. The van der Waals surface area contributed by atoms with Crippen molar-refractivity contribution < 1.29 is 9.53 Å². The Balaban J connectivity index is 2.44. The van der Waals surface area contributed by atoms with Gasteiger partial charge in [0.05, 0.1) is 13.0 Å². The number of carbonyl (C=O) groups is 1. The van der Waals surface area contributed by atoms with Gasteiger partial charge < -0.3 is 15.0 Å². The summed E-state index contributed by atoms with van der Waals surface area (Å²) < 4.78 is 5.55. The fourth-order valence-corrected chi connectivity index (χ4v) is 2.40. The van der Waals surface area contributed by atoms with Crippen molar-refractivity contribution in [1.29, 1.82) is 0 Å². The van der Waals surface area contributed by atoms with Crippen LogP contribution in [0.15, 0.2) is 0 Å². The highest BCUT2D eigenvalue weighted by atomic mass is 32.1. The van der Waals surface area contributed by atoms with Gasteiger partial charge in [-0.1, -0.05) is 0 Å². The molecule has 4 nitrogen and oxygen atoms in total. The Morgan fingerprint density at radius 2 is 2.40 bits per heavy atom. The molecule has 1 rings (SSSR count). The van der Waals surface area contributed by atoms with E-state index in [2.05, 4.69) is 10.3 Å². The molecule has 0 saturated carbocycles. The summed E-state index contributed by atoms with van der Waals surface area (Å²) >= 11 is 6.44. The van der Waals surface area contributed by atoms with E-state index in [4.69, 9.17) is 17.0 Å². The first-order valence-electron chi connectivity index (χ1n) is 4.57. The maximum absolute atomic E-state index is 11.4. The Hall–Kier alpha value is -0.720. The van der Waals surface area contributed by atoms with Gasteiger partial charge in [0.2, 0.25) is 5.91 Å². The Morgan fingerprint density at radius 1 is 1.67 bits per heavy atom. The Morgan fingerprint density at radius 3 is 2.93 bits per heavy atom. The van der Waals surface area contributed by atoms with Crippen LogP contribution in [0.1, 0.15) is 10.6 Å². The molecule has 1 amide bonds. The number of nitrogens with one attached hydrogen (secondary N) is 2. The summed E-state index contributed by atoms with van der Waals surface area (Å²) in [7, 11) is 1.61. The molecule has 15 heavy (non-hydrogen) atoms. The number of thiazole rings is 1. The van der Waals surface area contributed by atoms with Crippen LogP contribution in [-0.4, -0.2) is 31.2 Å². The lowest BCUT2D eigenvalue weighted by Crippen LogP contribution is -2.28. The number of amides is 1. The molecule has 0 aromatic carbocycles. The van der Waals surface area contributed by atoms with Gasteiger partial charge in [-0.15, -0.1) is 11.3 Å². The number of aryl methyl sites for hydroxylation is 1. The zero-order valence-corrected chi connectivity index (χ0v) is 10.4. The molecular weight excluding hydrogens is 232 g/mol. The molecule has 0 radical (unpaired) electrons. The lowest BCUT2D eigenvalue weighted by Gasteiger charge is -2.03. The fourth-order valence-electron chi connectivity index (χ4n) is 1.11. The molecular formula is C9H14N2O2S2. The van der Waals surface area contributed by atoms with Crippen LogP contribution in [0.5, 0.6) is 0 Å². The van der Waals surface area contributed by atoms with Gasteiger partial charge in [-0.25, -0.2) is 0 Å². The second-order valence-corrected chi connectivity index (χ2v) is 4.85. The number of aromatic amines is 1. The van der Waals surface area contributed by atoms with Crippen LogP contribution in [0.4, 0.5) is 0 Å². The first-order valence-corrected chi connectivity index (χ1v) is 5.80. The number of hydrogen-bond donors (Lipinski definition) is 2. The van der Waals surface area contributed by atoms with Crippen molar-refractivity contribution in [2.45, 2.75) is 13.3 Å². The van der Waals surface area contributed by atoms with E-state index in [0.717, 1.165) is 10.6 Å². The summed E-state index contributed by atoms with van der Waals surface area (Å²) in [5, 5.41) is 2.76. The van der Waals surface area contributed by atoms with E-state index in [1.54, 1.807) is 7.11 Å². The first kappa shape index (κ1) is 12.4. The average Bonchev–Trinajstić information content (AvgIpc) is 2.45. The second kappa shape index (κ2) is 5.99. The van der Waals surface area contributed by atoms with E-state index < -0.39 is 0 Å². The minimum atomic E-state index is 0.000370. The van der Waals surface area contributed by atoms with Crippen molar-refractivity contribution in [2.24, 2.45) is 0 Å². The van der Waals surface area contributed by atoms with Crippen LogP contribution >= 0.6 is 23.6 Å². The van der Waals surface area contributed by atoms with E-state index in [1.165, 1.54) is 11.3 Å². The summed E-state index contributed by atoms with van der Waals surface area (Å²) in [5.41, 5.74) is 0.979. The van der Waals surface area contributed by atoms with E-state index in [-0.39, 0.29) is 5.91 Å². The van der Waals surface area contributed by atoms with Crippen molar-refractivity contribution in [3.05, 3.63) is 14.5 Å². The van der Waals surface area contributed by atoms with Crippen LogP contribution in [0.3, 0.4) is 0 Å². The predicted octanol–water partition coefficient (Wildman–Crippen LogP) is 1.42. The SMILES string of the molecule is COCCNC(=O)Cc1sc(=S)[nH]c1C. The number of aromatic nitrogens is 1. The number of H-pyrrole nitrogens is 1. The summed E-state index contributed by atoms with van der Waals surface area (Å²) in [6.45, 7) is 3.00. The van der Waals surface area contributed by atoms with E-state index in [0.29, 0.717) is 23.5 Å². The lowest BCUT2D eigenvalue weighted by molar-refractivity contribution is -0.120. The first-order chi connectivity index (χ1) is 7.13. The number of rotatable bonds is 5. The summed E-state index contributed by atoms with van der Waals surface area (Å²) in [5.74, 6) is 0.000370. The molecule has 84 valence electrons. The van der Waals surface area contributed by atoms with Crippen molar-refractivity contribution in [2.75, 3.05) is 20.3 Å². The second-order valence-electron chi connectivity index (χ2n) is 3.08. The number of ether oxygens (including phenoxy) is 1. The zero-order valence-electron chi connectivity index (χ0n) is 8.75. The largest absolute Gasteiger partial charge is 0.383 e. The molecule has 0 unspecified atom stereocenters. The quantitative estimate of drug-likeness (QED) is 0.610. The topological polar surface area (TPSA) is 54.1 Å². The molecule has 6 heteroatoms. The van der Waals surface area contributed by atoms with Gasteiger partial charge in [0.25, 0.3) is 0 Å². The number of carbonyl (C=O) groups excluding carboxylic acids is 1. The molecule has 1 heterocycles. The molecule has 1 aromatic rings. The third-order valence-electron chi connectivity index (χ3n) is 1.87. The smallest absolute Gasteiger partial charge is 0.225 e. The van der Waals surface area contributed by atoms with Crippen LogP contribution in [0, 0.1) is 10.9 Å². The van der Waals surface area contributed by atoms with Crippen LogP contribution in [0.2, 0.25) is 0 Å². The normalized spacial score (nSPS) is 10.3. The van der Waals surface area contributed by atoms with Crippen molar-refractivity contribution >= 4 is 29.5 Å². The summed E-state index contributed by atoms with van der Waals surface area (Å²) in [6, 6.07) is 0. The van der Waals surface area contributed by atoms with Gasteiger partial charge in [-0.05, 0) is 19.1 Å². The molecule has 2 N–H and O–H groups in total. The van der Waals surface area contributed by atoms with Crippen LogP contribution in [0.25, 0.3) is 0 Å². The average molecular weight is 246 g/mol. The third kappa shape index (κ3) is 4.11. The lowest BCUT2D eigenvalue weighted by atomic mass is 10.3. The van der Waals surface area contributed by atoms with E-state index in [1.807, 2.05) is 6.92 Å². The van der Waals surface area contributed by atoms with Crippen molar-refractivity contribution in [3.8, 4) is 0 Å². The number of methoxy groups -OCH3 is 1. The van der Waals surface area contributed by atoms with Crippen LogP contribution < -0.4 is 5.32 Å². The molecule has 0 saturated heterocycles. The fraction of sp³-hybridized carbons (Fsp3) is 0.556. The monoisotopic (exact) mass is 246 g/mol. The molecule has 0 atom stereocenters. The van der Waals surface area contributed by atoms with Gasteiger partial charge in [-0.3, -0.25) is 4.79 Å². The summed E-state index contributed by atoms with van der Waals surface area (Å²) in [6.07, 6.45) is 0.382. The van der Waals surface area contributed by atoms with E-state index in [9.17, 15) is 4.79 Å². The van der Waals surface area contributed by atoms with Gasteiger partial charge in [0, 0.05) is 24.2 Å². The van der Waals surface area contributed by atoms with Gasteiger partial charge in [-0.2, -0.15) is 0 Å². The van der Waals surface area contributed by atoms with Gasteiger partial charge in [0.1, 0.15) is 0 Å². The minimum absolute atomic E-state index is 0.000370. The van der Waals surface area contributed by atoms with E-state index >= 15 is 0 Å². The molecule has 0 aliphatic rings.